The number of aliphatic hydroxyl groups excluding tert-OH is 1. The molecule has 0 fully saturated rings. The van der Waals surface area contributed by atoms with Crippen molar-refractivity contribution in [3.8, 4) is 0 Å². The van der Waals surface area contributed by atoms with Gasteiger partial charge in [-0.2, -0.15) is 0 Å². The predicted molar refractivity (Wildman–Crippen MR) is 382 cm³/mol. The predicted octanol–water partition coefficient (Wildman–Crippen LogP) is 22.2. The summed E-state index contributed by atoms with van der Waals surface area (Å²) in [6.45, 7) is 4.96. The molecule has 0 aromatic rings. The van der Waals surface area contributed by atoms with E-state index in [9.17, 15) is 43.2 Å². The third-order valence-electron chi connectivity index (χ3n) is 17.6. The largest absolute Gasteiger partial charge is 0.472 e. The molecule has 3 N–H and O–H groups in total. The first-order chi connectivity index (χ1) is 45.7. The Bertz CT molecular complexity index is 1790. The molecular weight excluding hydrogens is 1230 g/mol. The molecule has 0 saturated carbocycles. The highest BCUT2D eigenvalue weighted by molar-refractivity contribution is 7.47. The molecule has 0 radical (unpaired) electrons. The summed E-state index contributed by atoms with van der Waals surface area (Å²) in [5.41, 5.74) is 0. The maximum absolute atomic E-state index is 13.1. The van der Waals surface area contributed by atoms with E-state index in [-0.39, 0.29) is 25.7 Å². The van der Waals surface area contributed by atoms with Crippen LogP contribution in [0.1, 0.15) is 400 Å². The maximum atomic E-state index is 13.1. The van der Waals surface area contributed by atoms with Crippen LogP contribution in [0.4, 0.5) is 0 Å². The normalized spacial score (nSPS) is 13.9. The van der Waals surface area contributed by atoms with Crippen molar-refractivity contribution in [2.45, 2.75) is 418 Å². The smallest absolute Gasteiger partial charge is 0.462 e. The third kappa shape index (κ3) is 68.6. The summed E-state index contributed by atoms with van der Waals surface area (Å²) in [4.78, 5) is 72.7. The quantitative estimate of drug-likeness (QED) is 0.0222. The van der Waals surface area contributed by atoms with E-state index in [1.807, 2.05) is 0 Å². The summed E-state index contributed by atoms with van der Waals surface area (Å²) in [5.74, 6) is -2.11. The second kappa shape index (κ2) is 69.5. The van der Waals surface area contributed by atoms with Gasteiger partial charge in [0.25, 0.3) is 0 Å². The van der Waals surface area contributed by atoms with Gasteiger partial charge in [-0.25, -0.2) is 9.13 Å². The van der Waals surface area contributed by atoms with Crippen LogP contribution in [-0.2, 0) is 65.4 Å². The van der Waals surface area contributed by atoms with Gasteiger partial charge in [0.05, 0.1) is 26.4 Å². The number of unbranched alkanes of at least 4 members (excludes halogenated alkanes) is 50. The number of rotatable bonds is 76. The molecule has 0 aromatic carbocycles. The van der Waals surface area contributed by atoms with Gasteiger partial charge in [0.15, 0.2) is 12.2 Å². The molecule has 0 spiro atoms. The van der Waals surface area contributed by atoms with Crippen LogP contribution in [0.15, 0.2) is 0 Å². The number of ether oxygens (including phenoxy) is 4. The number of carbonyl (C=O) groups is 4. The van der Waals surface area contributed by atoms with Gasteiger partial charge in [-0.1, -0.05) is 349 Å². The highest BCUT2D eigenvalue weighted by Crippen LogP contribution is 2.45. The van der Waals surface area contributed by atoms with Crippen molar-refractivity contribution in [3.05, 3.63) is 0 Å². The molecule has 5 atom stereocenters. The van der Waals surface area contributed by atoms with Crippen molar-refractivity contribution in [1.29, 1.82) is 0 Å². The lowest BCUT2D eigenvalue weighted by Gasteiger charge is -2.21. The van der Waals surface area contributed by atoms with Gasteiger partial charge < -0.3 is 33.8 Å². The van der Waals surface area contributed by atoms with Gasteiger partial charge in [-0.15, -0.1) is 0 Å². The van der Waals surface area contributed by atoms with Crippen molar-refractivity contribution in [2.24, 2.45) is 0 Å². The fraction of sp³-hybridized carbons (Fsp3) is 0.947. The average molecular weight is 1380 g/mol. The minimum Gasteiger partial charge on any atom is -0.462 e. The van der Waals surface area contributed by atoms with E-state index in [1.165, 1.54) is 231 Å². The van der Waals surface area contributed by atoms with Gasteiger partial charge >= 0.3 is 39.5 Å². The molecule has 19 heteroatoms. The van der Waals surface area contributed by atoms with Crippen molar-refractivity contribution in [1.82, 2.24) is 0 Å². The van der Waals surface area contributed by atoms with Crippen molar-refractivity contribution < 1.29 is 80.2 Å². The molecule has 0 saturated heterocycles. The fourth-order valence-electron chi connectivity index (χ4n) is 11.6. The fourth-order valence-corrected chi connectivity index (χ4v) is 13.2. The van der Waals surface area contributed by atoms with Crippen molar-refractivity contribution in [2.75, 3.05) is 39.6 Å². The topological polar surface area (TPSA) is 237 Å². The summed E-state index contributed by atoms with van der Waals surface area (Å²) >= 11 is 0. The summed E-state index contributed by atoms with van der Waals surface area (Å²) in [7, 11) is -9.90. The van der Waals surface area contributed by atoms with Crippen LogP contribution in [0.2, 0.25) is 0 Å². The number of phosphoric ester groups is 2. The van der Waals surface area contributed by atoms with Gasteiger partial charge in [-0.3, -0.25) is 37.3 Å². The van der Waals surface area contributed by atoms with Gasteiger partial charge in [0, 0.05) is 25.7 Å². The molecule has 17 nitrogen and oxygen atoms in total. The van der Waals surface area contributed by atoms with Crippen LogP contribution in [0.5, 0.6) is 0 Å². The Hall–Kier alpha value is -1.94. The lowest BCUT2D eigenvalue weighted by molar-refractivity contribution is -0.161. The van der Waals surface area contributed by atoms with Crippen LogP contribution in [0.25, 0.3) is 0 Å². The molecule has 0 rings (SSSR count). The van der Waals surface area contributed by atoms with Crippen LogP contribution < -0.4 is 0 Å². The molecular formula is C75H146O17P2. The van der Waals surface area contributed by atoms with Crippen LogP contribution >= 0.6 is 15.6 Å². The Morgan fingerprint density at radius 2 is 0.426 bits per heavy atom. The van der Waals surface area contributed by atoms with E-state index in [4.69, 9.17) is 37.0 Å². The number of hydrogen-bond donors (Lipinski definition) is 3. The molecule has 0 amide bonds. The second-order valence-corrected chi connectivity index (χ2v) is 29.9. The van der Waals surface area contributed by atoms with Crippen molar-refractivity contribution >= 4 is 39.5 Å². The van der Waals surface area contributed by atoms with Gasteiger partial charge in [0.2, 0.25) is 0 Å². The number of hydrogen-bond acceptors (Lipinski definition) is 15. The molecule has 558 valence electrons. The number of carbonyl (C=O) groups excluding carboxylic acids is 4. The molecule has 94 heavy (non-hydrogen) atoms. The Morgan fingerprint density at radius 3 is 0.628 bits per heavy atom. The zero-order valence-corrected chi connectivity index (χ0v) is 62.7. The van der Waals surface area contributed by atoms with Gasteiger partial charge in [-0.05, 0) is 25.7 Å². The summed E-state index contributed by atoms with van der Waals surface area (Å²) in [6, 6.07) is 0. The monoisotopic (exact) mass is 1380 g/mol. The Morgan fingerprint density at radius 1 is 0.255 bits per heavy atom. The summed E-state index contributed by atoms with van der Waals surface area (Å²) in [5, 5.41) is 10.6. The lowest BCUT2D eigenvalue weighted by Crippen LogP contribution is -2.30. The zero-order valence-electron chi connectivity index (χ0n) is 60.9. The molecule has 0 heterocycles. The van der Waals surface area contributed by atoms with E-state index < -0.39 is 97.5 Å². The van der Waals surface area contributed by atoms with Crippen LogP contribution in [-0.4, -0.2) is 96.7 Å². The summed E-state index contributed by atoms with van der Waals surface area (Å²) < 4.78 is 68.4. The Kier molecular flexibility index (Phi) is 68.1. The lowest BCUT2D eigenvalue weighted by atomic mass is 10.0. The Balaban J connectivity index is 5.19. The van der Waals surface area contributed by atoms with E-state index in [0.29, 0.717) is 25.7 Å². The minimum atomic E-state index is -4.95. The first kappa shape index (κ1) is 92.1. The first-order valence-electron chi connectivity index (χ1n) is 39.3. The van der Waals surface area contributed by atoms with Crippen LogP contribution in [0, 0.1) is 0 Å². The SMILES string of the molecule is CCCCCCCCCCCCCCCCCCCCCCC(=O)O[C@H](COC(=O)CCCCCCCCCCCCCCCC)COP(=O)(O)OC[C@@H](O)COP(=O)(O)OC[C@@H](COC(=O)CCCCCCCCCCC)OC(=O)CCCCCCCCCCCCC. The molecule has 0 aliphatic rings. The van der Waals surface area contributed by atoms with Gasteiger partial charge in [0.1, 0.15) is 19.3 Å². The first-order valence-corrected chi connectivity index (χ1v) is 42.3. The highest BCUT2D eigenvalue weighted by atomic mass is 31.2. The number of aliphatic hydroxyl groups is 1. The molecule has 0 aliphatic heterocycles. The van der Waals surface area contributed by atoms with Crippen LogP contribution in [0.3, 0.4) is 0 Å². The molecule has 0 bridgehead atoms. The van der Waals surface area contributed by atoms with E-state index >= 15 is 0 Å². The molecule has 0 aliphatic carbocycles. The standard InChI is InChI=1S/C75H146O17P2/c1-5-9-13-17-21-25-28-30-32-33-34-35-36-37-39-42-46-50-54-58-62-75(80)92-71(66-86-73(78)60-56-52-48-44-41-38-31-29-26-22-18-14-10-6-2)68-90-94(83,84)88-64-69(76)63-87-93(81,82)89-67-70(65-85-72(77)59-55-51-47-43-24-20-16-12-8-4)91-74(79)61-57-53-49-45-40-27-23-19-15-11-7-3/h69-71,76H,5-68H2,1-4H3,(H,81,82)(H,83,84)/t69-,70+,71+/m0/s1. The molecule has 0 aromatic heterocycles. The summed E-state index contributed by atoms with van der Waals surface area (Å²) in [6.07, 6.45) is 59.6. The highest BCUT2D eigenvalue weighted by Gasteiger charge is 2.30. The number of esters is 4. The minimum absolute atomic E-state index is 0.107. The second-order valence-electron chi connectivity index (χ2n) is 27.0. The third-order valence-corrected chi connectivity index (χ3v) is 19.5. The number of phosphoric acid groups is 2. The Labute approximate surface area is 575 Å². The van der Waals surface area contributed by atoms with E-state index in [2.05, 4.69) is 27.7 Å². The zero-order chi connectivity index (χ0) is 69.0. The maximum Gasteiger partial charge on any atom is 0.472 e. The van der Waals surface area contributed by atoms with E-state index in [1.54, 1.807) is 0 Å². The average Bonchev–Trinajstić information content (AvgIpc) is 2.30. The molecule has 2 unspecified atom stereocenters. The van der Waals surface area contributed by atoms with E-state index in [0.717, 1.165) is 89.9 Å². The van der Waals surface area contributed by atoms with Crippen molar-refractivity contribution in [3.63, 3.8) is 0 Å².